The fourth-order valence-corrected chi connectivity index (χ4v) is 4.62. The Bertz CT molecular complexity index is 1540. The smallest absolute Gasteiger partial charge is 0.197 e. The van der Waals surface area contributed by atoms with Gasteiger partial charge in [-0.15, -0.1) is 0 Å². The van der Waals surface area contributed by atoms with Crippen molar-refractivity contribution in [2.45, 2.75) is 13.8 Å². The first-order chi connectivity index (χ1) is 17.4. The third-order valence-corrected chi connectivity index (χ3v) is 6.75. The molecule has 0 aromatic heterocycles. The number of carbonyl (C=O) groups excluding carboxylic acids is 3. The lowest BCUT2D eigenvalue weighted by atomic mass is 9.94. The molecule has 5 rings (SSSR count). The number of allylic oxidation sites excluding steroid dienone is 14. The highest BCUT2D eigenvalue weighted by molar-refractivity contribution is 6.40. The van der Waals surface area contributed by atoms with E-state index in [4.69, 9.17) is 0 Å². The normalized spacial score (nSPS) is 20.9. The van der Waals surface area contributed by atoms with Crippen LogP contribution in [-0.2, 0) is 4.79 Å². The number of aliphatic hydroxyl groups excluding tert-OH is 1. The predicted octanol–water partition coefficient (Wildman–Crippen LogP) is 6.66. The number of rotatable bonds is 4. The van der Waals surface area contributed by atoms with Gasteiger partial charge in [0.25, 0.3) is 0 Å². The van der Waals surface area contributed by atoms with Crippen molar-refractivity contribution >= 4 is 28.1 Å². The minimum Gasteiger partial charge on any atom is -0.507 e. The summed E-state index contributed by atoms with van der Waals surface area (Å²) in [5.41, 5.74) is 3.20. The summed E-state index contributed by atoms with van der Waals surface area (Å²) in [6.07, 6.45) is 17.7. The standard InChI is InChI=1S/C32H24O4/c1-19-10-6-7-11-21(19)16-26-20(2)29(33)24(30(26)34)14-4-3-5-15-25-31(35)27-17-22-12-8-9-13-23(22)18-28(27)32(25)36/h3-19,34H,1-2H3/b5-3+,14-4+,21-16-. The highest BCUT2D eigenvalue weighted by Gasteiger charge is 2.33. The average molecular weight is 473 g/mol. The molecular formula is C32H24O4. The molecule has 2 aromatic carbocycles. The second-order valence-electron chi connectivity index (χ2n) is 9.03. The van der Waals surface area contributed by atoms with E-state index in [0.29, 0.717) is 22.3 Å². The molecule has 0 radical (unpaired) electrons. The van der Waals surface area contributed by atoms with Crippen LogP contribution in [0.4, 0.5) is 0 Å². The van der Waals surface area contributed by atoms with Gasteiger partial charge in [0.2, 0.25) is 0 Å². The van der Waals surface area contributed by atoms with Gasteiger partial charge in [-0.1, -0.05) is 73.7 Å². The molecule has 3 aliphatic carbocycles. The van der Waals surface area contributed by atoms with Crippen LogP contribution >= 0.6 is 0 Å². The largest absolute Gasteiger partial charge is 0.507 e. The number of fused-ring (bicyclic) bond motifs is 2. The number of hydrogen-bond donors (Lipinski definition) is 1. The molecule has 0 saturated carbocycles. The highest BCUT2D eigenvalue weighted by atomic mass is 16.3. The third-order valence-electron chi connectivity index (χ3n) is 6.75. The second-order valence-corrected chi connectivity index (χ2v) is 9.03. The quantitative estimate of drug-likeness (QED) is 0.307. The van der Waals surface area contributed by atoms with E-state index < -0.39 is 0 Å². The summed E-state index contributed by atoms with van der Waals surface area (Å²) in [7, 11) is 0. The number of carbonyl (C=O) groups is 3. The van der Waals surface area contributed by atoms with Crippen LogP contribution in [0.25, 0.3) is 10.8 Å². The number of ketones is 3. The minimum atomic E-state index is -0.293. The second kappa shape index (κ2) is 9.23. The van der Waals surface area contributed by atoms with E-state index in [-0.39, 0.29) is 40.2 Å². The molecule has 0 fully saturated rings. The summed E-state index contributed by atoms with van der Waals surface area (Å²) in [6, 6.07) is 11.1. The Morgan fingerprint density at radius 3 is 2.14 bits per heavy atom. The molecule has 2 aromatic rings. The molecule has 0 aliphatic heterocycles. The Labute approximate surface area is 209 Å². The van der Waals surface area contributed by atoms with E-state index in [9.17, 15) is 19.5 Å². The fourth-order valence-electron chi connectivity index (χ4n) is 4.62. The van der Waals surface area contributed by atoms with Gasteiger partial charge in [-0.25, -0.2) is 0 Å². The molecule has 1 unspecified atom stereocenters. The van der Waals surface area contributed by atoms with Gasteiger partial charge in [0.15, 0.2) is 17.3 Å². The first-order valence-electron chi connectivity index (χ1n) is 11.8. The molecular weight excluding hydrogens is 448 g/mol. The number of aliphatic hydroxyl groups is 1. The molecule has 0 spiro atoms. The third kappa shape index (κ3) is 3.97. The van der Waals surface area contributed by atoms with Crippen LogP contribution in [0.5, 0.6) is 0 Å². The maximum Gasteiger partial charge on any atom is 0.197 e. The molecule has 4 heteroatoms. The van der Waals surface area contributed by atoms with Crippen molar-refractivity contribution in [2.24, 2.45) is 5.92 Å². The van der Waals surface area contributed by atoms with Crippen LogP contribution in [0.15, 0.2) is 131 Å². The van der Waals surface area contributed by atoms with E-state index in [1.807, 2.05) is 48.6 Å². The van der Waals surface area contributed by atoms with Crippen LogP contribution in [0.2, 0.25) is 0 Å². The minimum absolute atomic E-state index is 0.0492. The van der Waals surface area contributed by atoms with Gasteiger partial charge >= 0.3 is 0 Å². The predicted molar refractivity (Wildman–Crippen MR) is 142 cm³/mol. The van der Waals surface area contributed by atoms with E-state index >= 15 is 0 Å². The zero-order valence-corrected chi connectivity index (χ0v) is 20.0. The van der Waals surface area contributed by atoms with Crippen LogP contribution in [0, 0.1) is 5.92 Å². The van der Waals surface area contributed by atoms with E-state index in [0.717, 1.165) is 16.3 Å². The SMILES string of the molecule is CC1=C(/C=C2/C=CC=CC2C)C(O)=C(/C=C/C=C/C=C2C(=O)c3cc4ccccc4cc3C2=O)C1=O. The summed E-state index contributed by atoms with van der Waals surface area (Å²) in [4.78, 5) is 38.4. The summed E-state index contributed by atoms with van der Waals surface area (Å²) in [6.45, 7) is 3.76. The van der Waals surface area contributed by atoms with Gasteiger partial charge < -0.3 is 5.11 Å². The zero-order chi connectivity index (χ0) is 25.4. The lowest BCUT2D eigenvalue weighted by Gasteiger charge is -2.12. The topological polar surface area (TPSA) is 71.4 Å². The van der Waals surface area contributed by atoms with E-state index in [1.165, 1.54) is 6.08 Å². The first-order valence-corrected chi connectivity index (χ1v) is 11.8. The van der Waals surface area contributed by atoms with Gasteiger partial charge in [0.1, 0.15) is 5.76 Å². The van der Waals surface area contributed by atoms with Crippen LogP contribution in [-0.4, -0.2) is 22.5 Å². The highest BCUT2D eigenvalue weighted by Crippen LogP contribution is 2.33. The van der Waals surface area contributed by atoms with E-state index in [1.54, 1.807) is 43.4 Å². The average Bonchev–Trinajstić information content (AvgIpc) is 3.23. The van der Waals surface area contributed by atoms with Crippen molar-refractivity contribution in [3.05, 3.63) is 142 Å². The van der Waals surface area contributed by atoms with Crippen LogP contribution < -0.4 is 0 Å². The molecule has 176 valence electrons. The number of benzene rings is 2. The zero-order valence-electron chi connectivity index (χ0n) is 20.0. The number of hydrogen-bond acceptors (Lipinski definition) is 4. The Morgan fingerprint density at radius 2 is 1.50 bits per heavy atom. The summed E-state index contributed by atoms with van der Waals surface area (Å²) < 4.78 is 0. The number of Topliss-reactive ketones (excluding diaryl/α,β-unsaturated/α-hetero) is 3. The molecule has 1 atom stereocenters. The summed E-state index contributed by atoms with van der Waals surface area (Å²) >= 11 is 0. The van der Waals surface area contributed by atoms with Crippen molar-refractivity contribution in [1.29, 1.82) is 0 Å². The maximum absolute atomic E-state index is 12.8. The fraction of sp³-hybridized carbons (Fsp3) is 0.0938. The summed E-state index contributed by atoms with van der Waals surface area (Å²) in [5, 5.41) is 12.5. The Kier molecular flexibility index (Phi) is 5.95. The Balaban J connectivity index is 1.35. The van der Waals surface area contributed by atoms with Gasteiger partial charge in [-0.05, 0) is 59.5 Å². The molecule has 0 heterocycles. The molecule has 4 nitrogen and oxygen atoms in total. The summed E-state index contributed by atoms with van der Waals surface area (Å²) in [5.74, 6) is -0.668. The van der Waals surface area contributed by atoms with Gasteiger partial charge in [0.05, 0.1) is 11.1 Å². The van der Waals surface area contributed by atoms with E-state index in [2.05, 4.69) is 13.0 Å². The van der Waals surface area contributed by atoms with Crippen molar-refractivity contribution in [3.63, 3.8) is 0 Å². The van der Waals surface area contributed by atoms with Crippen molar-refractivity contribution < 1.29 is 19.5 Å². The first kappa shape index (κ1) is 23.2. The van der Waals surface area contributed by atoms with Gasteiger partial charge in [-0.2, -0.15) is 0 Å². The van der Waals surface area contributed by atoms with Crippen LogP contribution in [0.1, 0.15) is 34.6 Å². The lowest BCUT2D eigenvalue weighted by molar-refractivity contribution is -0.111. The van der Waals surface area contributed by atoms with Gasteiger partial charge in [-0.3, -0.25) is 14.4 Å². The van der Waals surface area contributed by atoms with Crippen molar-refractivity contribution in [3.8, 4) is 0 Å². The van der Waals surface area contributed by atoms with Crippen molar-refractivity contribution in [1.82, 2.24) is 0 Å². The molecule has 0 saturated heterocycles. The van der Waals surface area contributed by atoms with Crippen LogP contribution in [0.3, 0.4) is 0 Å². The Morgan fingerprint density at radius 1 is 0.833 bits per heavy atom. The molecule has 3 aliphatic rings. The molecule has 1 N–H and O–H groups in total. The molecule has 0 bridgehead atoms. The maximum atomic E-state index is 12.8. The Hall–Kier alpha value is -4.57. The van der Waals surface area contributed by atoms with Crippen molar-refractivity contribution in [2.75, 3.05) is 0 Å². The van der Waals surface area contributed by atoms with Gasteiger partial charge in [0, 0.05) is 22.3 Å². The molecule has 36 heavy (non-hydrogen) atoms. The monoisotopic (exact) mass is 472 g/mol. The molecule has 0 amide bonds. The lowest BCUT2D eigenvalue weighted by Crippen LogP contribution is -1.99.